The van der Waals surface area contributed by atoms with Crippen LogP contribution in [0.4, 0.5) is 5.69 Å². The van der Waals surface area contributed by atoms with E-state index < -0.39 is 46.0 Å². The molecule has 9 heteroatoms. The van der Waals surface area contributed by atoms with E-state index in [0.717, 1.165) is 20.1 Å². The van der Waals surface area contributed by atoms with E-state index in [9.17, 15) is 29.8 Å². The first-order valence-corrected chi connectivity index (χ1v) is 6.76. The predicted molar refractivity (Wildman–Crippen MR) is 80.3 cm³/mol. The highest BCUT2D eigenvalue weighted by atomic mass is 16.6. The molecule has 1 aromatic rings. The number of hydrogen-bond donors (Lipinski definition) is 1. The summed E-state index contributed by atoms with van der Waals surface area (Å²) in [4.78, 5) is 46.1. The number of carbonyl (C=O) groups excluding carboxylic acids is 3. The van der Waals surface area contributed by atoms with Crippen molar-refractivity contribution in [2.75, 3.05) is 7.11 Å². The van der Waals surface area contributed by atoms with E-state index in [4.69, 9.17) is 5.73 Å². The summed E-state index contributed by atoms with van der Waals surface area (Å²) in [6, 6.07) is 6.85. The summed E-state index contributed by atoms with van der Waals surface area (Å²) < 4.78 is 4.56. The average Bonchev–Trinajstić information content (AvgIpc) is 2.53. The standard InChI is InChI=1S/C15H15N3O6/c1-8(19)12(15(21)24-2)13(10(7-16)14(17)20)9-5-3-4-6-11(9)18(22)23/h3-6,10,12-13H,1-2H3,(H2,17,20). The smallest absolute Gasteiger partial charge is 0.316 e. The van der Waals surface area contributed by atoms with Gasteiger partial charge in [0.25, 0.3) is 5.69 Å². The number of nitriles is 1. The number of esters is 1. The Morgan fingerprint density at radius 1 is 1.33 bits per heavy atom. The molecule has 126 valence electrons. The lowest BCUT2D eigenvalue weighted by molar-refractivity contribution is -0.385. The van der Waals surface area contributed by atoms with Crippen LogP contribution in [-0.2, 0) is 19.1 Å². The zero-order valence-corrected chi connectivity index (χ0v) is 13.0. The molecule has 0 aromatic heterocycles. The number of Topliss-reactive ketones (excluding diaryl/α,β-unsaturated/α-hetero) is 1. The molecule has 0 aliphatic heterocycles. The van der Waals surface area contributed by atoms with Gasteiger partial charge in [0.15, 0.2) is 0 Å². The van der Waals surface area contributed by atoms with Crippen molar-refractivity contribution in [1.82, 2.24) is 0 Å². The molecule has 0 radical (unpaired) electrons. The molecule has 2 N–H and O–H groups in total. The molecule has 3 atom stereocenters. The maximum atomic E-state index is 12.0. The van der Waals surface area contributed by atoms with Crippen LogP contribution in [0.2, 0.25) is 0 Å². The van der Waals surface area contributed by atoms with Gasteiger partial charge in [-0.1, -0.05) is 18.2 Å². The molecule has 0 bridgehead atoms. The number of primary amides is 1. The summed E-state index contributed by atoms with van der Waals surface area (Å²) in [6.07, 6.45) is 0. The molecule has 24 heavy (non-hydrogen) atoms. The maximum Gasteiger partial charge on any atom is 0.316 e. The third-order valence-corrected chi connectivity index (χ3v) is 3.55. The van der Waals surface area contributed by atoms with Gasteiger partial charge in [0.2, 0.25) is 5.91 Å². The van der Waals surface area contributed by atoms with Crippen molar-refractivity contribution in [1.29, 1.82) is 5.26 Å². The SMILES string of the molecule is COC(=O)C(C(C)=O)C(c1ccccc1[N+](=O)[O-])C(C#N)C(N)=O. The van der Waals surface area contributed by atoms with Crippen LogP contribution in [0.1, 0.15) is 18.4 Å². The molecule has 1 aromatic carbocycles. The molecule has 1 amide bonds. The average molecular weight is 333 g/mol. The summed E-state index contributed by atoms with van der Waals surface area (Å²) >= 11 is 0. The van der Waals surface area contributed by atoms with E-state index >= 15 is 0 Å². The highest BCUT2D eigenvalue weighted by Crippen LogP contribution is 2.38. The van der Waals surface area contributed by atoms with Crippen LogP contribution >= 0.6 is 0 Å². The largest absolute Gasteiger partial charge is 0.468 e. The van der Waals surface area contributed by atoms with Crippen LogP contribution < -0.4 is 5.73 Å². The van der Waals surface area contributed by atoms with Gasteiger partial charge in [0, 0.05) is 17.5 Å². The first-order chi connectivity index (χ1) is 11.3. The zero-order chi connectivity index (χ0) is 18.4. The van der Waals surface area contributed by atoms with E-state index in [0.29, 0.717) is 0 Å². The number of carbonyl (C=O) groups is 3. The number of ketones is 1. The number of benzene rings is 1. The summed E-state index contributed by atoms with van der Waals surface area (Å²) in [5.74, 6) is -7.44. The van der Waals surface area contributed by atoms with E-state index in [-0.39, 0.29) is 5.56 Å². The third-order valence-electron chi connectivity index (χ3n) is 3.55. The molecular formula is C15H15N3O6. The molecular weight excluding hydrogens is 318 g/mol. The highest BCUT2D eigenvalue weighted by molar-refractivity contribution is 6.00. The predicted octanol–water partition coefficient (Wildman–Crippen LogP) is 0.682. The van der Waals surface area contributed by atoms with Crippen LogP contribution in [0.15, 0.2) is 24.3 Å². The lowest BCUT2D eigenvalue weighted by Crippen LogP contribution is -2.38. The minimum Gasteiger partial charge on any atom is -0.468 e. The van der Waals surface area contributed by atoms with Crippen molar-refractivity contribution in [2.45, 2.75) is 12.8 Å². The highest BCUT2D eigenvalue weighted by Gasteiger charge is 2.44. The van der Waals surface area contributed by atoms with Crippen molar-refractivity contribution < 1.29 is 24.0 Å². The fraction of sp³-hybridized carbons (Fsp3) is 0.333. The molecule has 1 rings (SSSR count). The molecule has 0 aliphatic rings. The number of amides is 1. The monoisotopic (exact) mass is 333 g/mol. The number of hydrogen-bond acceptors (Lipinski definition) is 7. The van der Waals surface area contributed by atoms with Gasteiger partial charge in [-0.3, -0.25) is 24.5 Å². The Labute approximate surface area is 137 Å². The lowest BCUT2D eigenvalue weighted by Gasteiger charge is -2.25. The minimum absolute atomic E-state index is 0.113. The van der Waals surface area contributed by atoms with Crippen LogP contribution in [0.25, 0.3) is 0 Å². The quantitative estimate of drug-likeness (QED) is 0.333. The van der Waals surface area contributed by atoms with Crippen molar-refractivity contribution in [3.8, 4) is 6.07 Å². The van der Waals surface area contributed by atoms with Gasteiger partial charge < -0.3 is 10.5 Å². The third kappa shape index (κ3) is 3.73. The number of nitro groups is 1. The Morgan fingerprint density at radius 3 is 2.33 bits per heavy atom. The normalized spacial score (nSPS) is 13.9. The Balaban J connectivity index is 3.70. The van der Waals surface area contributed by atoms with Crippen LogP contribution in [0.5, 0.6) is 0 Å². The van der Waals surface area contributed by atoms with Gasteiger partial charge in [-0.05, 0) is 6.92 Å². The first kappa shape index (κ1) is 18.8. The van der Waals surface area contributed by atoms with Crippen LogP contribution in [0.3, 0.4) is 0 Å². The Morgan fingerprint density at radius 2 is 1.92 bits per heavy atom. The van der Waals surface area contributed by atoms with Crippen molar-refractivity contribution in [2.24, 2.45) is 17.6 Å². The van der Waals surface area contributed by atoms with Gasteiger partial charge in [-0.15, -0.1) is 0 Å². The Bertz CT molecular complexity index is 724. The van der Waals surface area contributed by atoms with Crippen LogP contribution in [0, 0.1) is 33.3 Å². The molecule has 0 spiro atoms. The Kier molecular flexibility index (Phi) is 6.12. The molecule has 0 fully saturated rings. The number of rotatable bonds is 7. The van der Waals surface area contributed by atoms with Gasteiger partial charge >= 0.3 is 5.97 Å². The van der Waals surface area contributed by atoms with Crippen molar-refractivity contribution in [3.05, 3.63) is 39.9 Å². The molecule has 0 saturated carbocycles. The number of methoxy groups -OCH3 is 1. The van der Waals surface area contributed by atoms with Gasteiger partial charge in [0.1, 0.15) is 17.6 Å². The molecule has 9 nitrogen and oxygen atoms in total. The number of nitrogens with zero attached hydrogens (tertiary/aromatic N) is 2. The zero-order valence-electron chi connectivity index (χ0n) is 13.0. The minimum atomic E-state index is -1.63. The van der Waals surface area contributed by atoms with E-state index in [1.807, 2.05) is 0 Å². The van der Waals surface area contributed by atoms with Gasteiger partial charge in [-0.25, -0.2) is 0 Å². The second-order valence-corrected chi connectivity index (χ2v) is 4.96. The van der Waals surface area contributed by atoms with Crippen LogP contribution in [-0.4, -0.2) is 29.7 Å². The summed E-state index contributed by atoms with van der Waals surface area (Å²) in [5.41, 5.74) is 4.65. The second-order valence-electron chi connectivity index (χ2n) is 4.96. The topological polar surface area (TPSA) is 153 Å². The molecule has 0 aliphatic carbocycles. The number of para-hydroxylation sites is 1. The van der Waals surface area contributed by atoms with Gasteiger partial charge in [0.05, 0.1) is 18.1 Å². The number of nitrogens with two attached hydrogens (primary N) is 1. The second kappa shape index (κ2) is 7.82. The lowest BCUT2D eigenvalue weighted by atomic mass is 9.74. The summed E-state index contributed by atoms with van der Waals surface area (Å²) in [6.45, 7) is 1.07. The molecule has 0 heterocycles. The first-order valence-electron chi connectivity index (χ1n) is 6.76. The number of ether oxygens (including phenoxy) is 1. The van der Waals surface area contributed by atoms with Crippen molar-refractivity contribution >= 4 is 23.3 Å². The number of nitro benzene ring substituents is 1. The van der Waals surface area contributed by atoms with E-state index in [2.05, 4.69) is 4.74 Å². The molecule has 0 saturated heterocycles. The van der Waals surface area contributed by atoms with E-state index in [1.54, 1.807) is 6.07 Å². The van der Waals surface area contributed by atoms with Crippen molar-refractivity contribution in [3.63, 3.8) is 0 Å². The van der Waals surface area contributed by atoms with E-state index in [1.165, 1.54) is 18.2 Å². The molecule has 3 unspecified atom stereocenters. The fourth-order valence-electron chi connectivity index (χ4n) is 2.50. The Hall–Kier alpha value is -3.28. The summed E-state index contributed by atoms with van der Waals surface area (Å²) in [7, 11) is 1.03. The summed E-state index contributed by atoms with van der Waals surface area (Å²) in [5, 5.41) is 20.5. The van der Waals surface area contributed by atoms with Gasteiger partial charge in [-0.2, -0.15) is 5.26 Å². The maximum absolute atomic E-state index is 12.0. The fourth-order valence-corrected chi connectivity index (χ4v) is 2.50.